The third-order valence-corrected chi connectivity index (χ3v) is 8.13. The Balaban J connectivity index is 1.64. The number of hydrogen-bond acceptors (Lipinski definition) is 6. The fourth-order valence-corrected chi connectivity index (χ4v) is 5.71. The zero-order valence-electron chi connectivity index (χ0n) is 20.9. The van der Waals surface area contributed by atoms with Crippen LogP contribution in [0.15, 0.2) is 53.4 Å². The predicted octanol–water partition coefficient (Wildman–Crippen LogP) is 3.48. The largest absolute Gasteiger partial charge is 0.396 e. The van der Waals surface area contributed by atoms with Crippen LogP contribution in [0.5, 0.6) is 0 Å². The van der Waals surface area contributed by atoms with Crippen LogP contribution >= 0.6 is 0 Å². The fourth-order valence-electron chi connectivity index (χ4n) is 4.44. The summed E-state index contributed by atoms with van der Waals surface area (Å²) in [5.41, 5.74) is 4.11. The Kier molecular flexibility index (Phi) is 7.81. The Hall–Kier alpha value is -3.16. The molecule has 1 aliphatic heterocycles. The minimum Gasteiger partial charge on any atom is -0.396 e. The molecule has 8 nitrogen and oxygen atoms in total. The number of ether oxygens (including phenoxy) is 1. The topological polar surface area (TPSA) is 108 Å². The number of benzene rings is 2. The van der Waals surface area contributed by atoms with Gasteiger partial charge in [-0.15, -0.1) is 0 Å². The number of nitrogens with zero attached hydrogens (tertiary/aromatic N) is 3. The number of morpholine rings is 1. The number of anilines is 1. The van der Waals surface area contributed by atoms with Crippen molar-refractivity contribution in [2.75, 3.05) is 44.4 Å². The van der Waals surface area contributed by atoms with Gasteiger partial charge in [0.15, 0.2) is 4.91 Å². The minimum atomic E-state index is -4.01. The molecule has 1 aliphatic rings. The molecule has 0 bridgehead atoms. The third kappa shape index (κ3) is 5.32. The van der Waals surface area contributed by atoms with Crippen molar-refractivity contribution < 1.29 is 18.3 Å². The molecule has 1 aromatic heterocycles. The first-order valence-electron chi connectivity index (χ1n) is 12.0. The number of aromatic nitrogens is 1. The molecule has 0 saturated carbocycles. The Bertz CT molecular complexity index is 1430. The first-order valence-corrected chi connectivity index (χ1v) is 13.5. The Morgan fingerprint density at radius 2 is 1.83 bits per heavy atom. The number of fused-ring (bicyclic) bond motifs is 1. The van der Waals surface area contributed by atoms with Gasteiger partial charge in [0.25, 0.3) is 10.0 Å². The lowest BCUT2D eigenvalue weighted by molar-refractivity contribution is 0.122. The highest BCUT2D eigenvalue weighted by Gasteiger charge is 2.23. The SMILES string of the molecule is C/C(=C(/C#N)S(=O)(=O)NCC(C)CO)c1ccc(-c2ccc3cc(N4CCOCC4)ccc3c2)n1C. The van der Waals surface area contributed by atoms with Gasteiger partial charge >= 0.3 is 0 Å². The molecule has 2 aromatic carbocycles. The van der Waals surface area contributed by atoms with E-state index in [1.807, 2.05) is 29.8 Å². The van der Waals surface area contributed by atoms with E-state index in [0.29, 0.717) is 11.3 Å². The van der Waals surface area contributed by atoms with Gasteiger partial charge in [-0.3, -0.25) is 0 Å². The van der Waals surface area contributed by atoms with E-state index in [9.17, 15) is 18.8 Å². The second-order valence-corrected chi connectivity index (χ2v) is 10.9. The van der Waals surface area contributed by atoms with Crippen LogP contribution in [-0.2, 0) is 21.8 Å². The first-order chi connectivity index (χ1) is 17.2. The molecule has 9 heteroatoms. The highest BCUT2D eigenvalue weighted by molar-refractivity contribution is 7.93. The minimum absolute atomic E-state index is 0.0556. The van der Waals surface area contributed by atoms with Crippen molar-refractivity contribution in [2.24, 2.45) is 13.0 Å². The maximum absolute atomic E-state index is 12.8. The molecule has 0 amide bonds. The van der Waals surface area contributed by atoms with Crippen LogP contribution in [-0.4, -0.2) is 57.5 Å². The molecule has 2 heterocycles. The number of aliphatic hydroxyl groups is 1. The molecule has 4 rings (SSSR count). The lowest BCUT2D eigenvalue weighted by Gasteiger charge is -2.29. The van der Waals surface area contributed by atoms with E-state index in [4.69, 9.17) is 4.74 Å². The van der Waals surface area contributed by atoms with Crippen LogP contribution in [0.25, 0.3) is 27.6 Å². The molecule has 190 valence electrons. The molecular weight excluding hydrogens is 476 g/mol. The number of nitriles is 1. The summed E-state index contributed by atoms with van der Waals surface area (Å²) < 4.78 is 35.4. The highest BCUT2D eigenvalue weighted by atomic mass is 32.2. The molecule has 3 aromatic rings. The average molecular weight is 509 g/mol. The quantitative estimate of drug-likeness (QED) is 0.451. The molecule has 1 unspecified atom stereocenters. The lowest BCUT2D eigenvalue weighted by Crippen LogP contribution is -2.36. The predicted molar refractivity (Wildman–Crippen MR) is 143 cm³/mol. The monoisotopic (exact) mass is 508 g/mol. The molecule has 2 N–H and O–H groups in total. The molecular formula is C27H32N4O4S. The zero-order valence-corrected chi connectivity index (χ0v) is 21.7. The van der Waals surface area contributed by atoms with Crippen molar-refractivity contribution in [3.8, 4) is 17.3 Å². The van der Waals surface area contributed by atoms with Crippen molar-refractivity contribution in [3.05, 3.63) is 59.1 Å². The molecule has 0 spiro atoms. The highest BCUT2D eigenvalue weighted by Crippen LogP contribution is 2.31. The fraction of sp³-hybridized carbons (Fsp3) is 0.370. The van der Waals surface area contributed by atoms with Crippen LogP contribution in [0.1, 0.15) is 19.5 Å². The summed E-state index contributed by atoms with van der Waals surface area (Å²) in [4.78, 5) is 2.00. The van der Waals surface area contributed by atoms with Gasteiger partial charge in [0.1, 0.15) is 6.07 Å². The van der Waals surface area contributed by atoms with Crippen molar-refractivity contribution in [2.45, 2.75) is 13.8 Å². The van der Waals surface area contributed by atoms with E-state index >= 15 is 0 Å². The van der Waals surface area contributed by atoms with Gasteiger partial charge in [-0.05, 0) is 59.5 Å². The van der Waals surface area contributed by atoms with Gasteiger partial charge in [-0.25, -0.2) is 13.1 Å². The summed E-state index contributed by atoms with van der Waals surface area (Å²) in [6.45, 7) is 6.54. The van der Waals surface area contributed by atoms with Crippen LogP contribution in [0.4, 0.5) is 5.69 Å². The number of aliphatic hydroxyl groups excluding tert-OH is 1. The zero-order chi connectivity index (χ0) is 25.9. The summed E-state index contributed by atoms with van der Waals surface area (Å²) in [5, 5.41) is 21.1. The van der Waals surface area contributed by atoms with E-state index < -0.39 is 10.0 Å². The Morgan fingerprint density at radius 3 is 2.53 bits per heavy atom. The number of nitrogens with one attached hydrogen (secondary N) is 1. The number of rotatable bonds is 8. The first kappa shape index (κ1) is 25.9. The maximum atomic E-state index is 12.8. The summed E-state index contributed by atoms with van der Waals surface area (Å²) >= 11 is 0. The van der Waals surface area contributed by atoms with Gasteiger partial charge in [0.05, 0.1) is 13.2 Å². The second kappa shape index (κ2) is 10.8. The average Bonchev–Trinajstić information content (AvgIpc) is 3.28. The summed E-state index contributed by atoms with van der Waals surface area (Å²) in [7, 11) is -2.14. The molecule has 36 heavy (non-hydrogen) atoms. The van der Waals surface area contributed by atoms with Crippen molar-refractivity contribution >= 4 is 32.1 Å². The Morgan fingerprint density at radius 1 is 1.14 bits per heavy atom. The standard InChI is InChI=1S/C27H32N4O4S/c1-19(18-32)17-29-36(33,34)27(16-28)20(2)25-8-9-26(30(25)3)23-5-4-22-15-24(7-6-21(22)14-23)31-10-12-35-13-11-31/h4-9,14-15,19,29,32H,10-13,17-18H2,1-3H3/b27-20+. The number of allylic oxidation sites excluding steroid dienone is 2. The van der Waals surface area contributed by atoms with E-state index in [2.05, 4.69) is 46.0 Å². The molecule has 1 saturated heterocycles. The maximum Gasteiger partial charge on any atom is 0.251 e. The van der Waals surface area contributed by atoms with Crippen LogP contribution in [0, 0.1) is 17.2 Å². The van der Waals surface area contributed by atoms with Gasteiger partial charge < -0.3 is 19.3 Å². The number of hydrogen-bond donors (Lipinski definition) is 2. The van der Waals surface area contributed by atoms with E-state index in [-0.39, 0.29) is 24.0 Å². The van der Waals surface area contributed by atoms with Crippen LogP contribution in [0.3, 0.4) is 0 Å². The van der Waals surface area contributed by atoms with Crippen molar-refractivity contribution in [1.82, 2.24) is 9.29 Å². The van der Waals surface area contributed by atoms with Gasteiger partial charge in [0.2, 0.25) is 0 Å². The Labute approximate surface area is 212 Å². The van der Waals surface area contributed by atoms with E-state index in [1.54, 1.807) is 13.8 Å². The summed E-state index contributed by atoms with van der Waals surface area (Å²) in [5.74, 6) is -0.250. The molecule has 0 aliphatic carbocycles. The molecule has 0 radical (unpaired) electrons. The van der Waals surface area contributed by atoms with Crippen molar-refractivity contribution in [1.29, 1.82) is 5.26 Å². The smallest absolute Gasteiger partial charge is 0.251 e. The lowest BCUT2D eigenvalue weighted by atomic mass is 10.0. The second-order valence-electron chi connectivity index (χ2n) is 9.21. The van der Waals surface area contributed by atoms with Gasteiger partial charge in [0, 0.05) is 55.9 Å². The van der Waals surface area contributed by atoms with Crippen LogP contribution in [0.2, 0.25) is 0 Å². The summed E-state index contributed by atoms with van der Waals surface area (Å²) in [6.07, 6.45) is 0. The van der Waals surface area contributed by atoms with Crippen LogP contribution < -0.4 is 9.62 Å². The molecule has 1 fully saturated rings. The van der Waals surface area contributed by atoms with Gasteiger partial charge in [-0.2, -0.15) is 5.26 Å². The summed E-state index contributed by atoms with van der Waals surface area (Å²) in [6, 6.07) is 18.4. The third-order valence-electron chi connectivity index (χ3n) is 6.65. The number of sulfonamides is 1. The van der Waals surface area contributed by atoms with E-state index in [0.717, 1.165) is 48.3 Å². The van der Waals surface area contributed by atoms with Crippen molar-refractivity contribution in [3.63, 3.8) is 0 Å². The van der Waals surface area contributed by atoms with Gasteiger partial charge in [-0.1, -0.05) is 25.1 Å². The van der Waals surface area contributed by atoms with E-state index in [1.165, 1.54) is 5.69 Å². The molecule has 1 atom stereocenters. The normalized spacial score (nSPS) is 16.0.